The number of nitrogens with zero attached hydrogens (tertiary/aromatic N) is 3. The molecule has 6 heteroatoms. The fourth-order valence-electron chi connectivity index (χ4n) is 3.80. The van der Waals surface area contributed by atoms with Crippen molar-refractivity contribution in [3.05, 3.63) is 44.2 Å². The van der Waals surface area contributed by atoms with Crippen molar-refractivity contribution in [1.82, 2.24) is 9.55 Å². The molecule has 0 unspecified atom stereocenters. The van der Waals surface area contributed by atoms with Crippen LogP contribution >= 0.6 is 11.3 Å². The van der Waals surface area contributed by atoms with E-state index in [0.717, 1.165) is 67.0 Å². The summed E-state index contributed by atoms with van der Waals surface area (Å²) in [6.07, 6.45) is 5.41. The van der Waals surface area contributed by atoms with E-state index in [4.69, 9.17) is 0 Å². The second-order valence-corrected chi connectivity index (χ2v) is 7.82. The molecule has 0 amide bonds. The van der Waals surface area contributed by atoms with E-state index in [-0.39, 0.29) is 10.3 Å². The van der Waals surface area contributed by atoms with Crippen molar-refractivity contribution < 1.29 is 0 Å². The number of hydrogen-bond donors (Lipinski definition) is 0. The Morgan fingerprint density at radius 2 is 1.88 bits per heavy atom. The molecule has 1 saturated heterocycles. The number of hydrogen-bond acceptors (Lipinski definition) is 5. The molecule has 1 aliphatic rings. The SMILES string of the molecule is CCCCn1c2ccccc2c(=O)c2c(N3CCCCC3)nc(=O)sc21. The number of anilines is 1. The van der Waals surface area contributed by atoms with E-state index in [0.29, 0.717) is 16.6 Å². The molecule has 2 aromatic heterocycles. The molecule has 0 atom stereocenters. The van der Waals surface area contributed by atoms with Gasteiger partial charge in [0.2, 0.25) is 5.43 Å². The fraction of sp³-hybridized carbons (Fsp3) is 0.450. The number of rotatable bonds is 4. The first-order valence-electron chi connectivity index (χ1n) is 9.42. The van der Waals surface area contributed by atoms with Crippen LogP contribution in [0.4, 0.5) is 5.82 Å². The van der Waals surface area contributed by atoms with Crippen molar-refractivity contribution in [1.29, 1.82) is 0 Å². The van der Waals surface area contributed by atoms with Crippen LogP contribution in [-0.4, -0.2) is 22.6 Å². The Balaban J connectivity index is 2.09. The average molecular weight is 369 g/mol. The zero-order valence-corrected chi connectivity index (χ0v) is 15.8. The largest absolute Gasteiger partial charge is 0.356 e. The van der Waals surface area contributed by atoms with Crippen molar-refractivity contribution >= 4 is 38.3 Å². The second kappa shape index (κ2) is 7.19. The minimum atomic E-state index is -0.224. The van der Waals surface area contributed by atoms with Crippen LogP contribution in [0.2, 0.25) is 0 Å². The van der Waals surface area contributed by atoms with Gasteiger partial charge in [0.25, 0.3) is 0 Å². The van der Waals surface area contributed by atoms with Crippen molar-refractivity contribution in [3.63, 3.8) is 0 Å². The summed E-state index contributed by atoms with van der Waals surface area (Å²) in [5.41, 5.74) is 0.901. The minimum Gasteiger partial charge on any atom is -0.356 e. The molecule has 0 spiro atoms. The summed E-state index contributed by atoms with van der Waals surface area (Å²) >= 11 is 1.10. The molecule has 0 saturated carbocycles. The van der Waals surface area contributed by atoms with Crippen LogP contribution in [0.15, 0.2) is 33.9 Å². The van der Waals surface area contributed by atoms with Crippen LogP contribution in [0.3, 0.4) is 0 Å². The van der Waals surface area contributed by atoms with Gasteiger partial charge in [0.15, 0.2) is 0 Å². The summed E-state index contributed by atoms with van der Waals surface area (Å²) in [5.74, 6) is 0.587. The summed E-state index contributed by atoms with van der Waals surface area (Å²) in [4.78, 5) is 32.7. The molecule has 5 nitrogen and oxygen atoms in total. The Bertz CT molecular complexity index is 1060. The number of benzene rings is 1. The molecule has 1 fully saturated rings. The predicted octanol–water partition coefficient (Wildman–Crippen LogP) is 3.76. The lowest BCUT2D eigenvalue weighted by Crippen LogP contribution is -2.32. The molecule has 26 heavy (non-hydrogen) atoms. The summed E-state index contributed by atoms with van der Waals surface area (Å²) in [6, 6.07) is 7.71. The van der Waals surface area contributed by atoms with Crippen LogP contribution in [0.1, 0.15) is 39.0 Å². The van der Waals surface area contributed by atoms with E-state index in [2.05, 4.69) is 21.4 Å². The van der Waals surface area contributed by atoms with Gasteiger partial charge in [-0.3, -0.25) is 9.59 Å². The third-order valence-electron chi connectivity index (χ3n) is 5.12. The lowest BCUT2D eigenvalue weighted by atomic mass is 10.1. The van der Waals surface area contributed by atoms with Gasteiger partial charge in [0, 0.05) is 25.0 Å². The third kappa shape index (κ3) is 2.92. The van der Waals surface area contributed by atoms with Gasteiger partial charge in [-0.1, -0.05) is 36.8 Å². The Labute approximate surface area is 155 Å². The molecular formula is C20H23N3O2S. The van der Waals surface area contributed by atoms with Gasteiger partial charge in [0.1, 0.15) is 10.6 Å². The van der Waals surface area contributed by atoms with Crippen molar-refractivity contribution in [3.8, 4) is 0 Å². The van der Waals surface area contributed by atoms with Gasteiger partial charge in [0.05, 0.1) is 10.9 Å². The highest BCUT2D eigenvalue weighted by molar-refractivity contribution is 7.15. The van der Waals surface area contributed by atoms with Crippen LogP contribution in [0, 0.1) is 0 Å². The van der Waals surface area contributed by atoms with E-state index in [1.165, 1.54) is 6.42 Å². The van der Waals surface area contributed by atoms with Gasteiger partial charge in [-0.05, 0) is 37.8 Å². The first-order chi connectivity index (χ1) is 12.7. The zero-order valence-electron chi connectivity index (χ0n) is 15.0. The van der Waals surface area contributed by atoms with Crippen molar-refractivity contribution in [2.75, 3.05) is 18.0 Å². The number of aromatic nitrogens is 2. The smallest absolute Gasteiger partial charge is 0.330 e. The zero-order chi connectivity index (χ0) is 18.1. The highest BCUT2D eigenvalue weighted by Gasteiger charge is 2.21. The maximum atomic E-state index is 13.3. The summed E-state index contributed by atoms with van der Waals surface area (Å²) < 4.78 is 2.15. The van der Waals surface area contributed by atoms with Gasteiger partial charge in [-0.15, -0.1) is 0 Å². The van der Waals surface area contributed by atoms with Gasteiger partial charge < -0.3 is 9.47 Å². The number of piperidine rings is 1. The Morgan fingerprint density at radius 1 is 1.12 bits per heavy atom. The summed E-state index contributed by atoms with van der Waals surface area (Å²) in [6.45, 7) is 4.66. The molecule has 0 aliphatic carbocycles. The molecule has 0 radical (unpaired) electrons. The highest BCUT2D eigenvalue weighted by Crippen LogP contribution is 2.28. The summed E-state index contributed by atoms with van der Waals surface area (Å²) in [7, 11) is 0. The van der Waals surface area contributed by atoms with Crippen LogP contribution in [0.25, 0.3) is 21.1 Å². The van der Waals surface area contributed by atoms with Gasteiger partial charge >= 0.3 is 4.87 Å². The van der Waals surface area contributed by atoms with Crippen molar-refractivity contribution in [2.45, 2.75) is 45.6 Å². The maximum absolute atomic E-state index is 13.3. The standard InChI is InChI=1S/C20H23N3O2S/c1-2-3-13-23-15-10-6-5-9-14(15)17(24)16-18(21-20(25)26-19(16)23)22-11-7-4-8-12-22/h5-6,9-10H,2-4,7-8,11-13H2,1H3. The van der Waals surface area contributed by atoms with E-state index >= 15 is 0 Å². The monoisotopic (exact) mass is 369 g/mol. The Hall–Kier alpha value is -2.21. The van der Waals surface area contributed by atoms with E-state index in [1.54, 1.807) is 0 Å². The number of fused-ring (bicyclic) bond motifs is 2. The van der Waals surface area contributed by atoms with Crippen LogP contribution in [0.5, 0.6) is 0 Å². The molecule has 0 bridgehead atoms. The molecular weight excluding hydrogens is 346 g/mol. The average Bonchev–Trinajstić information content (AvgIpc) is 2.68. The number of pyridine rings is 1. The highest BCUT2D eigenvalue weighted by atomic mass is 32.1. The molecule has 1 aliphatic heterocycles. The van der Waals surface area contributed by atoms with E-state index in [9.17, 15) is 9.59 Å². The first kappa shape index (κ1) is 17.2. The Morgan fingerprint density at radius 3 is 2.65 bits per heavy atom. The topological polar surface area (TPSA) is 55.2 Å². The molecule has 0 N–H and O–H groups in total. The predicted molar refractivity (Wildman–Crippen MR) is 109 cm³/mol. The molecule has 3 aromatic rings. The number of para-hydroxylation sites is 1. The van der Waals surface area contributed by atoms with Crippen molar-refractivity contribution in [2.24, 2.45) is 0 Å². The third-order valence-corrected chi connectivity index (χ3v) is 6.00. The Kier molecular flexibility index (Phi) is 4.76. The quantitative estimate of drug-likeness (QED) is 0.657. The van der Waals surface area contributed by atoms with E-state index in [1.807, 2.05) is 24.3 Å². The lowest BCUT2D eigenvalue weighted by molar-refractivity contribution is 0.574. The fourth-order valence-corrected chi connectivity index (χ4v) is 4.68. The molecule has 1 aromatic carbocycles. The maximum Gasteiger partial charge on any atom is 0.330 e. The van der Waals surface area contributed by atoms with Crippen LogP contribution in [-0.2, 0) is 6.54 Å². The van der Waals surface area contributed by atoms with Gasteiger partial charge in [-0.25, -0.2) is 0 Å². The van der Waals surface area contributed by atoms with Crippen LogP contribution < -0.4 is 15.2 Å². The second-order valence-electron chi connectivity index (χ2n) is 6.88. The summed E-state index contributed by atoms with van der Waals surface area (Å²) in [5, 5.41) is 1.33. The van der Waals surface area contributed by atoms with Gasteiger partial charge in [-0.2, -0.15) is 4.98 Å². The number of aryl methyl sites for hydroxylation is 1. The first-order valence-corrected chi connectivity index (χ1v) is 10.2. The lowest BCUT2D eigenvalue weighted by Gasteiger charge is -2.28. The van der Waals surface area contributed by atoms with E-state index < -0.39 is 0 Å². The normalized spacial score (nSPS) is 15.0. The molecule has 4 rings (SSSR count). The molecule has 3 heterocycles. The number of unbranched alkanes of at least 4 members (excludes halogenated alkanes) is 1. The minimum absolute atomic E-state index is 0.00679. The molecule has 136 valence electrons.